The van der Waals surface area contributed by atoms with Gasteiger partial charge in [-0.2, -0.15) is 0 Å². The number of hydrogen-bond donors (Lipinski definition) is 2. The third-order valence-corrected chi connectivity index (χ3v) is 4.97. The monoisotopic (exact) mass is 433 g/mol. The molecule has 3 aromatic carbocycles. The molecule has 2 N–H and O–H groups in total. The molecule has 0 atom stereocenters. The van der Waals surface area contributed by atoms with E-state index >= 15 is 0 Å². The third kappa shape index (κ3) is 4.36. The van der Waals surface area contributed by atoms with Crippen LogP contribution in [0.25, 0.3) is 0 Å². The minimum Gasteiger partial charge on any atom is -0.454 e. The van der Waals surface area contributed by atoms with Crippen LogP contribution in [0.5, 0.6) is 11.5 Å². The molecule has 0 saturated heterocycles. The van der Waals surface area contributed by atoms with Crippen molar-refractivity contribution < 1.29 is 24.0 Å². The van der Waals surface area contributed by atoms with Gasteiger partial charge >= 0.3 is 0 Å². The van der Waals surface area contributed by atoms with E-state index in [0.717, 1.165) is 5.56 Å². The van der Waals surface area contributed by atoms with E-state index in [-0.39, 0.29) is 30.5 Å². The second-order valence-corrected chi connectivity index (χ2v) is 7.13. The van der Waals surface area contributed by atoms with Crippen LogP contribution in [-0.2, 0) is 6.54 Å². The van der Waals surface area contributed by atoms with Gasteiger partial charge in [-0.25, -0.2) is 0 Å². The number of para-hydroxylation sites is 1. The Morgan fingerprint density at radius 2 is 1.78 bits per heavy atom. The first-order chi connectivity index (χ1) is 15.4. The molecule has 9 nitrogen and oxygen atoms in total. The van der Waals surface area contributed by atoms with Gasteiger partial charge in [0.2, 0.25) is 6.79 Å². The summed E-state index contributed by atoms with van der Waals surface area (Å²) >= 11 is 0. The molecular formula is C23H19N3O6. The van der Waals surface area contributed by atoms with Gasteiger partial charge in [0, 0.05) is 23.7 Å². The van der Waals surface area contributed by atoms with Gasteiger partial charge in [-0.3, -0.25) is 19.7 Å². The first-order valence-corrected chi connectivity index (χ1v) is 9.74. The van der Waals surface area contributed by atoms with E-state index in [2.05, 4.69) is 10.6 Å². The molecule has 1 aliphatic heterocycles. The minimum atomic E-state index is -0.503. The Hall–Kier alpha value is -4.40. The molecule has 0 aliphatic carbocycles. The van der Waals surface area contributed by atoms with Crippen LogP contribution in [0, 0.1) is 17.0 Å². The Labute approximate surface area is 183 Å². The number of anilines is 1. The fraction of sp³-hybridized carbons (Fsp3) is 0.130. The Bertz CT molecular complexity index is 1220. The Kier molecular flexibility index (Phi) is 5.71. The maximum atomic E-state index is 12.8. The van der Waals surface area contributed by atoms with Crippen LogP contribution >= 0.6 is 0 Å². The summed E-state index contributed by atoms with van der Waals surface area (Å²) in [6, 6.07) is 16.1. The summed E-state index contributed by atoms with van der Waals surface area (Å²) in [7, 11) is 0. The summed E-state index contributed by atoms with van der Waals surface area (Å²) in [5.74, 6) is 0.454. The molecule has 2 amide bonds. The van der Waals surface area contributed by atoms with Gasteiger partial charge in [0.25, 0.3) is 17.5 Å². The summed E-state index contributed by atoms with van der Waals surface area (Å²) in [5, 5.41) is 16.5. The number of nitro benzene ring substituents is 1. The van der Waals surface area contributed by atoms with E-state index in [1.54, 1.807) is 43.3 Å². The van der Waals surface area contributed by atoms with Crippen LogP contribution < -0.4 is 20.1 Å². The number of fused-ring (bicyclic) bond motifs is 1. The van der Waals surface area contributed by atoms with E-state index in [0.29, 0.717) is 28.3 Å². The fourth-order valence-corrected chi connectivity index (χ4v) is 3.31. The van der Waals surface area contributed by atoms with Crippen molar-refractivity contribution in [3.8, 4) is 11.5 Å². The van der Waals surface area contributed by atoms with Crippen molar-refractivity contribution in [1.29, 1.82) is 0 Å². The average molecular weight is 433 g/mol. The van der Waals surface area contributed by atoms with Crippen molar-refractivity contribution in [2.45, 2.75) is 13.5 Å². The van der Waals surface area contributed by atoms with Crippen LogP contribution in [0.15, 0.2) is 60.7 Å². The zero-order chi connectivity index (χ0) is 22.7. The van der Waals surface area contributed by atoms with Crippen molar-refractivity contribution in [2.75, 3.05) is 12.1 Å². The van der Waals surface area contributed by atoms with Crippen molar-refractivity contribution in [2.24, 2.45) is 0 Å². The molecule has 0 unspecified atom stereocenters. The standard InChI is InChI=1S/C23H19N3O6/c1-14-10-16(7-8-19(14)26(29)30)22(27)25-18-5-3-2-4-17(18)23(28)24-12-15-6-9-20-21(11-15)32-13-31-20/h2-11H,12-13H2,1H3,(H,24,28)(H,25,27). The second-order valence-electron chi connectivity index (χ2n) is 7.13. The second kappa shape index (κ2) is 8.76. The largest absolute Gasteiger partial charge is 0.454 e. The number of aryl methyl sites for hydroxylation is 1. The number of rotatable bonds is 6. The molecule has 3 aromatic rings. The highest BCUT2D eigenvalue weighted by molar-refractivity contribution is 6.09. The highest BCUT2D eigenvalue weighted by Crippen LogP contribution is 2.32. The van der Waals surface area contributed by atoms with E-state index in [1.807, 2.05) is 6.07 Å². The number of hydrogen-bond acceptors (Lipinski definition) is 6. The number of ether oxygens (including phenoxy) is 2. The predicted octanol–water partition coefficient (Wildman–Crippen LogP) is 3.81. The lowest BCUT2D eigenvalue weighted by Gasteiger charge is -2.12. The van der Waals surface area contributed by atoms with Gasteiger partial charge in [0.15, 0.2) is 11.5 Å². The normalized spacial score (nSPS) is 11.7. The molecule has 0 spiro atoms. The highest BCUT2D eigenvalue weighted by Gasteiger charge is 2.18. The molecule has 0 saturated carbocycles. The summed E-state index contributed by atoms with van der Waals surface area (Å²) in [6.07, 6.45) is 0. The smallest absolute Gasteiger partial charge is 0.272 e. The van der Waals surface area contributed by atoms with E-state index in [4.69, 9.17) is 9.47 Å². The average Bonchev–Trinajstić information content (AvgIpc) is 3.25. The number of benzene rings is 3. The number of carbonyl (C=O) groups is 2. The molecule has 1 aliphatic rings. The lowest BCUT2D eigenvalue weighted by molar-refractivity contribution is -0.385. The van der Waals surface area contributed by atoms with Gasteiger partial charge in [-0.15, -0.1) is 0 Å². The van der Waals surface area contributed by atoms with Gasteiger partial charge in [0.1, 0.15) is 0 Å². The molecule has 0 aromatic heterocycles. The minimum absolute atomic E-state index is 0.0650. The number of nitrogens with zero attached hydrogens (tertiary/aromatic N) is 1. The maximum Gasteiger partial charge on any atom is 0.272 e. The van der Waals surface area contributed by atoms with Crippen molar-refractivity contribution in [3.63, 3.8) is 0 Å². The van der Waals surface area contributed by atoms with Crippen LogP contribution in [0.1, 0.15) is 31.8 Å². The lowest BCUT2D eigenvalue weighted by Crippen LogP contribution is -2.25. The van der Waals surface area contributed by atoms with E-state index in [9.17, 15) is 19.7 Å². The quantitative estimate of drug-likeness (QED) is 0.451. The molecule has 162 valence electrons. The Morgan fingerprint density at radius 1 is 1.00 bits per heavy atom. The zero-order valence-corrected chi connectivity index (χ0v) is 17.1. The van der Waals surface area contributed by atoms with Crippen molar-refractivity contribution >= 4 is 23.2 Å². The maximum absolute atomic E-state index is 12.8. The Balaban J connectivity index is 1.46. The molecule has 4 rings (SSSR count). The third-order valence-electron chi connectivity index (χ3n) is 4.97. The molecule has 9 heteroatoms. The summed E-state index contributed by atoms with van der Waals surface area (Å²) in [6.45, 7) is 2.00. The number of nitrogens with one attached hydrogen (secondary N) is 2. The molecule has 0 bridgehead atoms. The fourth-order valence-electron chi connectivity index (χ4n) is 3.31. The van der Waals surface area contributed by atoms with Crippen molar-refractivity contribution in [1.82, 2.24) is 5.32 Å². The van der Waals surface area contributed by atoms with Crippen LogP contribution in [0.2, 0.25) is 0 Å². The molecule has 0 radical (unpaired) electrons. The lowest BCUT2D eigenvalue weighted by atomic mass is 10.1. The van der Waals surface area contributed by atoms with Gasteiger partial charge in [-0.1, -0.05) is 18.2 Å². The SMILES string of the molecule is Cc1cc(C(=O)Nc2ccccc2C(=O)NCc2ccc3c(c2)OCO3)ccc1[N+](=O)[O-]. The van der Waals surface area contributed by atoms with Gasteiger partial charge in [-0.05, 0) is 48.9 Å². The van der Waals surface area contributed by atoms with Crippen LogP contribution in [-0.4, -0.2) is 23.5 Å². The van der Waals surface area contributed by atoms with E-state index < -0.39 is 10.8 Å². The van der Waals surface area contributed by atoms with Crippen LogP contribution in [0.4, 0.5) is 11.4 Å². The number of nitro groups is 1. The number of carbonyl (C=O) groups excluding carboxylic acids is 2. The topological polar surface area (TPSA) is 120 Å². The number of amides is 2. The predicted molar refractivity (Wildman–Crippen MR) is 116 cm³/mol. The molecule has 0 fully saturated rings. The zero-order valence-electron chi connectivity index (χ0n) is 17.1. The molecule has 1 heterocycles. The van der Waals surface area contributed by atoms with Crippen LogP contribution in [0.3, 0.4) is 0 Å². The highest BCUT2D eigenvalue weighted by atomic mass is 16.7. The van der Waals surface area contributed by atoms with Gasteiger partial charge in [0.05, 0.1) is 16.2 Å². The van der Waals surface area contributed by atoms with E-state index in [1.165, 1.54) is 18.2 Å². The van der Waals surface area contributed by atoms with Gasteiger partial charge < -0.3 is 20.1 Å². The summed E-state index contributed by atoms with van der Waals surface area (Å²) < 4.78 is 10.6. The first kappa shape index (κ1) is 20.9. The van der Waals surface area contributed by atoms with Crippen molar-refractivity contribution in [3.05, 3.63) is 93.0 Å². The Morgan fingerprint density at radius 3 is 2.56 bits per heavy atom. The summed E-state index contributed by atoms with van der Waals surface area (Å²) in [4.78, 5) is 35.9. The molecular weight excluding hydrogens is 414 g/mol. The summed E-state index contributed by atoms with van der Waals surface area (Å²) in [5.41, 5.74) is 2.02. The first-order valence-electron chi connectivity index (χ1n) is 9.74. The molecule has 32 heavy (non-hydrogen) atoms.